The highest BCUT2D eigenvalue weighted by Crippen LogP contribution is 2.20. The van der Waals surface area contributed by atoms with Gasteiger partial charge in [0.1, 0.15) is 0 Å². The van der Waals surface area contributed by atoms with E-state index in [1.54, 1.807) is 0 Å². The second-order valence-corrected chi connectivity index (χ2v) is 4.32. The molecule has 0 aromatic heterocycles. The summed E-state index contributed by atoms with van der Waals surface area (Å²) in [5, 5.41) is 9.01. The van der Waals surface area contributed by atoms with Gasteiger partial charge in [-0.3, -0.25) is 9.69 Å². The first kappa shape index (κ1) is 11.4. The second-order valence-electron chi connectivity index (χ2n) is 4.32. The van der Waals surface area contributed by atoms with Crippen LogP contribution in [-0.2, 0) is 9.53 Å². The maximum absolute atomic E-state index is 10.8. The Labute approximate surface area is 83.8 Å². The molecule has 1 aliphatic rings. The molecule has 14 heavy (non-hydrogen) atoms. The van der Waals surface area contributed by atoms with E-state index in [1.807, 2.05) is 18.7 Å². The van der Waals surface area contributed by atoms with Gasteiger partial charge in [0.2, 0.25) is 5.91 Å². The number of carbonyl (C=O) groups is 1. The number of hydrogen-bond acceptors (Lipinski definition) is 4. The molecule has 3 N–H and O–H groups in total. The van der Waals surface area contributed by atoms with Gasteiger partial charge in [-0.2, -0.15) is 0 Å². The van der Waals surface area contributed by atoms with Crippen LogP contribution in [0.15, 0.2) is 0 Å². The molecule has 0 bridgehead atoms. The van der Waals surface area contributed by atoms with Gasteiger partial charge < -0.3 is 15.6 Å². The molecule has 5 heteroatoms. The normalized spacial score (nSPS) is 27.5. The van der Waals surface area contributed by atoms with Crippen molar-refractivity contribution in [3.8, 4) is 0 Å². The monoisotopic (exact) mass is 202 g/mol. The van der Waals surface area contributed by atoms with Crippen LogP contribution in [0.1, 0.15) is 13.8 Å². The summed E-state index contributed by atoms with van der Waals surface area (Å²) in [6, 6.07) is 0. The highest BCUT2D eigenvalue weighted by Gasteiger charge is 2.33. The van der Waals surface area contributed by atoms with Crippen LogP contribution in [0.3, 0.4) is 0 Å². The summed E-state index contributed by atoms with van der Waals surface area (Å²) >= 11 is 0. The van der Waals surface area contributed by atoms with Crippen LogP contribution in [0.4, 0.5) is 0 Å². The maximum Gasteiger partial charge on any atom is 0.231 e. The SMILES string of the molecule is CC1(C)CN(CC(N)=O)CC(CO)O1. The molecule has 1 unspecified atom stereocenters. The Morgan fingerprint density at radius 2 is 2.36 bits per heavy atom. The van der Waals surface area contributed by atoms with E-state index in [9.17, 15) is 4.79 Å². The summed E-state index contributed by atoms with van der Waals surface area (Å²) in [6.45, 7) is 5.28. The molecule has 0 spiro atoms. The van der Waals surface area contributed by atoms with Crippen molar-refractivity contribution in [2.45, 2.75) is 25.6 Å². The third kappa shape index (κ3) is 3.25. The smallest absolute Gasteiger partial charge is 0.231 e. The van der Waals surface area contributed by atoms with E-state index in [-0.39, 0.29) is 30.8 Å². The number of amides is 1. The summed E-state index contributed by atoms with van der Waals surface area (Å²) in [6.07, 6.45) is -0.224. The first-order chi connectivity index (χ1) is 6.43. The fourth-order valence-electron chi connectivity index (χ4n) is 1.85. The molecule has 1 fully saturated rings. The summed E-state index contributed by atoms with van der Waals surface area (Å²) in [4.78, 5) is 12.7. The average Bonchev–Trinajstić information content (AvgIpc) is 1.99. The van der Waals surface area contributed by atoms with Crippen LogP contribution in [0.25, 0.3) is 0 Å². The minimum atomic E-state index is -0.348. The highest BCUT2D eigenvalue weighted by molar-refractivity contribution is 5.75. The number of ether oxygens (including phenoxy) is 1. The number of carbonyl (C=O) groups excluding carboxylic acids is 1. The maximum atomic E-state index is 10.8. The van der Waals surface area contributed by atoms with Gasteiger partial charge in [-0.1, -0.05) is 0 Å². The fourth-order valence-corrected chi connectivity index (χ4v) is 1.85. The molecule has 0 radical (unpaired) electrons. The Hall–Kier alpha value is -0.650. The van der Waals surface area contributed by atoms with E-state index >= 15 is 0 Å². The van der Waals surface area contributed by atoms with E-state index in [2.05, 4.69) is 0 Å². The molecule has 1 rings (SSSR count). The van der Waals surface area contributed by atoms with Gasteiger partial charge in [0.15, 0.2) is 0 Å². The van der Waals surface area contributed by atoms with Crippen molar-refractivity contribution < 1.29 is 14.6 Å². The zero-order valence-corrected chi connectivity index (χ0v) is 8.69. The van der Waals surface area contributed by atoms with Crippen molar-refractivity contribution in [2.75, 3.05) is 26.2 Å². The lowest BCUT2D eigenvalue weighted by Crippen LogP contribution is -2.55. The average molecular weight is 202 g/mol. The van der Waals surface area contributed by atoms with Crippen molar-refractivity contribution in [1.82, 2.24) is 4.90 Å². The van der Waals surface area contributed by atoms with Crippen LogP contribution in [0.5, 0.6) is 0 Å². The predicted molar refractivity (Wildman–Crippen MR) is 51.7 cm³/mol. The Balaban J connectivity index is 2.56. The Bertz CT molecular complexity index is 218. The van der Waals surface area contributed by atoms with Crippen LogP contribution < -0.4 is 5.73 Å². The quantitative estimate of drug-likeness (QED) is 0.612. The minimum Gasteiger partial charge on any atom is -0.394 e. The van der Waals surface area contributed by atoms with Crippen molar-refractivity contribution in [1.29, 1.82) is 0 Å². The number of rotatable bonds is 3. The second kappa shape index (κ2) is 4.25. The zero-order valence-electron chi connectivity index (χ0n) is 8.69. The molecular weight excluding hydrogens is 184 g/mol. The van der Waals surface area contributed by atoms with Gasteiger partial charge in [0.05, 0.1) is 24.9 Å². The topological polar surface area (TPSA) is 75.8 Å². The first-order valence-corrected chi connectivity index (χ1v) is 4.72. The summed E-state index contributed by atoms with van der Waals surface area (Å²) < 4.78 is 5.59. The molecule has 0 aliphatic carbocycles. The molecule has 1 amide bonds. The molecule has 1 atom stereocenters. The molecule has 0 aromatic rings. The van der Waals surface area contributed by atoms with Crippen molar-refractivity contribution >= 4 is 5.91 Å². The molecular formula is C9H18N2O3. The Kier molecular flexibility index (Phi) is 3.47. The van der Waals surface area contributed by atoms with Gasteiger partial charge in [-0.15, -0.1) is 0 Å². The van der Waals surface area contributed by atoms with E-state index in [0.29, 0.717) is 13.1 Å². The lowest BCUT2D eigenvalue weighted by molar-refractivity contribution is -0.152. The van der Waals surface area contributed by atoms with Crippen LogP contribution in [-0.4, -0.2) is 53.9 Å². The lowest BCUT2D eigenvalue weighted by Gasteiger charge is -2.41. The van der Waals surface area contributed by atoms with E-state index < -0.39 is 0 Å². The summed E-state index contributed by atoms with van der Waals surface area (Å²) in [7, 11) is 0. The van der Waals surface area contributed by atoms with E-state index in [4.69, 9.17) is 15.6 Å². The van der Waals surface area contributed by atoms with Crippen molar-refractivity contribution in [3.63, 3.8) is 0 Å². The van der Waals surface area contributed by atoms with Gasteiger partial charge in [-0.05, 0) is 13.8 Å². The number of hydrogen-bond donors (Lipinski definition) is 2. The van der Waals surface area contributed by atoms with Gasteiger partial charge >= 0.3 is 0 Å². The minimum absolute atomic E-state index is 0.0291. The third-order valence-electron chi connectivity index (χ3n) is 2.13. The summed E-state index contributed by atoms with van der Waals surface area (Å²) in [5.41, 5.74) is 4.78. The van der Waals surface area contributed by atoms with Crippen molar-refractivity contribution in [3.05, 3.63) is 0 Å². The van der Waals surface area contributed by atoms with Crippen LogP contribution in [0, 0.1) is 0 Å². The molecule has 1 saturated heterocycles. The van der Waals surface area contributed by atoms with Crippen molar-refractivity contribution in [2.24, 2.45) is 5.73 Å². The Morgan fingerprint density at radius 3 is 2.86 bits per heavy atom. The molecule has 82 valence electrons. The van der Waals surface area contributed by atoms with E-state index in [0.717, 1.165) is 0 Å². The molecule has 1 aliphatic heterocycles. The van der Waals surface area contributed by atoms with Gasteiger partial charge in [-0.25, -0.2) is 0 Å². The standard InChI is InChI=1S/C9H18N2O3/c1-9(2)6-11(4-8(10)13)3-7(5-12)14-9/h7,12H,3-6H2,1-2H3,(H2,10,13). The zero-order chi connectivity index (χ0) is 10.8. The van der Waals surface area contributed by atoms with Crippen LogP contribution in [0.2, 0.25) is 0 Å². The molecule has 0 saturated carbocycles. The van der Waals surface area contributed by atoms with Crippen LogP contribution >= 0.6 is 0 Å². The summed E-state index contributed by atoms with van der Waals surface area (Å²) in [5.74, 6) is -0.348. The van der Waals surface area contributed by atoms with Gasteiger partial charge in [0.25, 0.3) is 0 Å². The Morgan fingerprint density at radius 1 is 1.71 bits per heavy atom. The number of aliphatic hydroxyl groups is 1. The van der Waals surface area contributed by atoms with E-state index in [1.165, 1.54) is 0 Å². The first-order valence-electron chi connectivity index (χ1n) is 4.72. The number of nitrogens with two attached hydrogens (primary N) is 1. The number of aliphatic hydroxyl groups excluding tert-OH is 1. The lowest BCUT2D eigenvalue weighted by atomic mass is 10.1. The molecule has 5 nitrogen and oxygen atoms in total. The number of morpholine rings is 1. The molecule has 1 heterocycles. The third-order valence-corrected chi connectivity index (χ3v) is 2.13. The fraction of sp³-hybridized carbons (Fsp3) is 0.889. The van der Waals surface area contributed by atoms with Gasteiger partial charge in [0, 0.05) is 13.1 Å². The highest BCUT2D eigenvalue weighted by atomic mass is 16.5. The number of primary amides is 1. The molecule has 0 aromatic carbocycles. The largest absolute Gasteiger partial charge is 0.394 e. The predicted octanol–water partition coefficient (Wildman–Crippen LogP) is -1.06. The number of nitrogens with zero attached hydrogens (tertiary/aromatic N) is 1.